The van der Waals surface area contributed by atoms with Gasteiger partial charge >= 0.3 is 67.5 Å². The van der Waals surface area contributed by atoms with E-state index in [0.717, 1.165) is 4.35 Å². The minimum atomic E-state index is -0.362. The quantitative estimate of drug-likeness (QED) is 0.579. The van der Waals surface area contributed by atoms with Crippen molar-refractivity contribution in [1.82, 2.24) is 0 Å². The Morgan fingerprint density at radius 1 is 1.50 bits per heavy atom. The predicted octanol–water partition coefficient (Wildman–Crippen LogP) is -0.956. The van der Waals surface area contributed by atoms with Crippen molar-refractivity contribution in [3.63, 3.8) is 0 Å². The third-order valence-corrected chi connectivity index (χ3v) is 1.92. The fraction of sp³-hybridized carbons (Fsp3) is 0. The summed E-state index contributed by atoms with van der Waals surface area (Å²) in [5, 5.41) is 0. The molecule has 10 heavy (non-hydrogen) atoms. The average Bonchev–Trinajstić information content (AvgIpc) is 1.88. The molecule has 1 atom stereocenters. The molecule has 2 N–H and O–H groups in total. The molecule has 1 aromatic rings. The zero-order valence-corrected chi connectivity index (χ0v) is 7.79. The molecule has 0 radical (unpaired) electrons. The molecule has 0 fully saturated rings. The summed E-state index contributed by atoms with van der Waals surface area (Å²) in [6, 6.07) is 7.29. The maximum absolute atomic E-state index is 10.6. The minimum absolute atomic E-state index is 0.362. The molecule has 0 aliphatic rings. The third-order valence-electron chi connectivity index (χ3n) is 1.17. The van der Waals surface area contributed by atoms with Gasteiger partial charge in [-0.2, -0.15) is 0 Å². The van der Waals surface area contributed by atoms with Crippen molar-refractivity contribution in [3.05, 3.63) is 29.8 Å². The average molecular weight is 197 g/mol. The summed E-state index contributed by atoms with van der Waals surface area (Å²) >= 11 is 1.49. The van der Waals surface area contributed by atoms with Crippen LogP contribution in [0.2, 0.25) is 0 Å². The molecule has 0 aliphatic carbocycles. The van der Waals surface area contributed by atoms with Gasteiger partial charge < -0.3 is 0 Å². The van der Waals surface area contributed by atoms with E-state index in [1.807, 2.05) is 12.1 Å². The third kappa shape index (κ3) is 1.61. The van der Waals surface area contributed by atoms with Crippen LogP contribution in [-0.4, -0.2) is 22.8 Å². The van der Waals surface area contributed by atoms with E-state index < -0.39 is 0 Å². The second-order valence-electron chi connectivity index (χ2n) is 1.99. The summed E-state index contributed by atoms with van der Waals surface area (Å²) in [6.07, 6.45) is 0. The molecule has 0 spiro atoms. The summed E-state index contributed by atoms with van der Waals surface area (Å²) in [5.41, 5.74) is 5.64. The normalized spacial score (nSPS) is 9.30. The molecule has 0 aliphatic heterocycles. The van der Waals surface area contributed by atoms with Gasteiger partial charge in [-0.15, -0.1) is 0 Å². The molecule has 0 aromatic heterocycles. The Kier molecular flexibility index (Phi) is 2.13. The zero-order chi connectivity index (χ0) is 7.56. The van der Waals surface area contributed by atoms with Crippen LogP contribution in [0.3, 0.4) is 0 Å². The fourth-order valence-electron chi connectivity index (χ4n) is 0.692. The second-order valence-corrected chi connectivity index (χ2v) is 3.39. The number of primary amides is 1. The number of hydrogen-bond donors (Lipinski definition) is 1. The number of rotatable bonds is 1. The van der Waals surface area contributed by atoms with Crippen molar-refractivity contribution in [2.24, 2.45) is 5.73 Å². The van der Waals surface area contributed by atoms with E-state index in [-0.39, 0.29) is 5.91 Å². The van der Waals surface area contributed by atoms with E-state index in [4.69, 9.17) is 5.73 Å². The van der Waals surface area contributed by atoms with E-state index in [0.29, 0.717) is 5.56 Å². The first-order valence-corrected chi connectivity index (χ1v) is 4.06. The second kappa shape index (κ2) is 2.89. The van der Waals surface area contributed by atoms with Gasteiger partial charge in [0.25, 0.3) is 0 Å². The van der Waals surface area contributed by atoms with Gasteiger partial charge in [-0.05, 0) is 0 Å². The first-order valence-electron chi connectivity index (χ1n) is 2.85. The van der Waals surface area contributed by atoms with Crippen LogP contribution < -0.4 is 10.1 Å². The Labute approximate surface area is 67.9 Å². The topological polar surface area (TPSA) is 43.1 Å². The zero-order valence-electron chi connectivity index (χ0n) is 5.37. The molecule has 1 unspecified atom stereocenters. The Balaban J connectivity index is 3.07. The van der Waals surface area contributed by atoms with Crippen LogP contribution in [0.1, 0.15) is 10.4 Å². The van der Waals surface area contributed by atoms with Gasteiger partial charge in [0, 0.05) is 0 Å². The number of nitrogens with two attached hydrogens (primary N) is 1. The van der Waals surface area contributed by atoms with E-state index in [9.17, 15) is 4.79 Å². The van der Waals surface area contributed by atoms with Crippen molar-refractivity contribution < 1.29 is 4.79 Å². The van der Waals surface area contributed by atoms with Gasteiger partial charge in [-0.3, -0.25) is 0 Å². The molecule has 2 nitrogen and oxygen atoms in total. The predicted molar refractivity (Wildman–Crippen MR) is 43.1 cm³/mol. The fourth-order valence-corrected chi connectivity index (χ4v) is 1.30. The van der Waals surface area contributed by atoms with Crippen molar-refractivity contribution in [2.75, 3.05) is 0 Å². The Morgan fingerprint density at radius 2 is 2.20 bits per heavy atom. The molecule has 52 valence electrons. The first-order chi connectivity index (χ1) is 4.70. The Hall–Kier alpha value is -0.752. The number of amides is 1. The maximum atomic E-state index is 10.6. The van der Waals surface area contributed by atoms with Crippen molar-refractivity contribution >= 4 is 27.1 Å². The van der Waals surface area contributed by atoms with Gasteiger partial charge in [0.2, 0.25) is 0 Å². The molecule has 3 heteroatoms. The molecule has 1 aromatic carbocycles. The molecular weight excluding hydrogens is 189 g/mol. The summed E-state index contributed by atoms with van der Waals surface area (Å²) in [6.45, 7) is 0. The van der Waals surface area contributed by atoms with Crippen LogP contribution in [0.5, 0.6) is 0 Å². The van der Waals surface area contributed by atoms with Crippen LogP contribution in [0.25, 0.3) is 0 Å². The standard InChI is InChI=1S/C7H8AsNO/c8-6-3-1-2-5(4-6)7(9)10/h1-4H,8H2,(H2,9,10). The van der Waals surface area contributed by atoms with E-state index in [2.05, 4.69) is 0 Å². The van der Waals surface area contributed by atoms with Crippen LogP contribution >= 0.6 is 0 Å². The Bertz CT molecular complexity index is 260. The van der Waals surface area contributed by atoms with Gasteiger partial charge in [0.15, 0.2) is 0 Å². The molecule has 0 bridgehead atoms. The monoisotopic (exact) mass is 197 g/mol. The van der Waals surface area contributed by atoms with Gasteiger partial charge in [-0.1, -0.05) is 0 Å². The summed E-state index contributed by atoms with van der Waals surface area (Å²) < 4.78 is 1.11. The number of hydrogen-bond acceptors (Lipinski definition) is 1. The molecule has 0 saturated heterocycles. The molecule has 0 heterocycles. The van der Waals surface area contributed by atoms with Gasteiger partial charge in [0.1, 0.15) is 0 Å². The van der Waals surface area contributed by atoms with Crippen LogP contribution in [-0.2, 0) is 0 Å². The van der Waals surface area contributed by atoms with Crippen LogP contribution in [0.15, 0.2) is 24.3 Å². The van der Waals surface area contributed by atoms with Crippen LogP contribution in [0, 0.1) is 0 Å². The Morgan fingerprint density at radius 3 is 2.60 bits per heavy atom. The van der Waals surface area contributed by atoms with Gasteiger partial charge in [-0.25, -0.2) is 0 Å². The van der Waals surface area contributed by atoms with Crippen molar-refractivity contribution in [1.29, 1.82) is 0 Å². The van der Waals surface area contributed by atoms with Crippen LogP contribution in [0.4, 0.5) is 0 Å². The number of carbonyl (C=O) groups excluding carboxylic acids is 1. The van der Waals surface area contributed by atoms with E-state index in [1.54, 1.807) is 12.1 Å². The number of carbonyl (C=O) groups is 1. The first kappa shape index (κ1) is 7.36. The molecule has 1 amide bonds. The van der Waals surface area contributed by atoms with Crippen molar-refractivity contribution in [2.45, 2.75) is 0 Å². The summed E-state index contributed by atoms with van der Waals surface area (Å²) in [5.74, 6) is -0.362. The molecular formula is C7H8AsNO. The summed E-state index contributed by atoms with van der Waals surface area (Å²) in [7, 11) is 0. The van der Waals surface area contributed by atoms with E-state index in [1.165, 1.54) is 16.9 Å². The van der Waals surface area contributed by atoms with E-state index >= 15 is 0 Å². The number of benzene rings is 1. The van der Waals surface area contributed by atoms with Gasteiger partial charge in [0.05, 0.1) is 0 Å². The SMILES string of the molecule is NC(=O)c1cccc([AsH2])c1. The summed E-state index contributed by atoms with van der Waals surface area (Å²) in [4.78, 5) is 10.6. The molecule has 1 rings (SSSR count). The van der Waals surface area contributed by atoms with Crippen molar-refractivity contribution in [3.8, 4) is 0 Å². The molecule has 0 saturated carbocycles.